The molecule has 0 bridgehead atoms. The lowest BCUT2D eigenvalue weighted by atomic mass is 9.93. The molecule has 3 rings (SSSR count). The fourth-order valence-electron chi connectivity index (χ4n) is 2.36. The first-order valence-electron chi connectivity index (χ1n) is 6.41. The summed E-state index contributed by atoms with van der Waals surface area (Å²) < 4.78 is 5.12. The number of nitrogens with two attached hydrogens (primary N) is 1. The van der Waals surface area contributed by atoms with Crippen LogP contribution in [0.5, 0.6) is 5.88 Å². The van der Waals surface area contributed by atoms with Gasteiger partial charge in [0.05, 0.1) is 7.11 Å². The van der Waals surface area contributed by atoms with Gasteiger partial charge in [-0.2, -0.15) is 0 Å². The van der Waals surface area contributed by atoms with Crippen LogP contribution in [-0.2, 0) is 6.42 Å². The van der Waals surface area contributed by atoms with Gasteiger partial charge in [-0.05, 0) is 25.3 Å². The number of pyridine rings is 1. The number of rotatable bonds is 2. The molecule has 1 aliphatic carbocycles. The topological polar surface area (TPSA) is 73.9 Å². The van der Waals surface area contributed by atoms with Gasteiger partial charge in [-0.1, -0.05) is 6.07 Å². The van der Waals surface area contributed by atoms with Crippen molar-refractivity contribution in [1.29, 1.82) is 0 Å². The van der Waals surface area contributed by atoms with Crippen molar-refractivity contribution in [3.63, 3.8) is 0 Å². The van der Waals surface area contributed by atoms with Crippen molar-refractivity contribution >= 4 is 0 Å². The number of hydrogen-bond donors (Lipinski definition) is 1. The van der Waals surface area contributed by atoms with E-state index in [1.54, 1.807) is 13.2 Å². The van der Waals surface area contributed by atoms with Gasteiger partial charge in [-0.15, -0.1) is 0 Å². The number of methoxy groups -OCH3 is 1. The average molecular weight is 256 g/mol. The zero-order chi connectivity index (χ0) is 13.2. The van der Waals surface area contributed by atoms with E-state index in [1.807, 2.05) is 18.3 Å². The second-order valence-corrected chi connectivity index (χ2v) is 4.66. The van der Waals surface area contributed by atoms with Crippen LogP contribution < -0.4 is 10.5 Å². The van der Waals surface area contributed by atoms with E-state index in [-0.39, 0.29) is 6.04 Å². The van der Waals surface area contributed by atoms with Crippen LogP contribution in [0.25, 0.3) is 11.5 Å². The van der Waals surface area contributed by atoms with E-state index in [0.29, 0.717) is 11.7 Å². The molecule has 0 radical (unpaired) electrons. The summed E-state index contributed by atoms with van der Waals surface area (Å²) in [5.74, 6) is 1.20. The Kier molecular flexibility index (Phi) is 3.13. The third kappa shape index (κ3) is 2.29. The van der Waals surface area contributed by atoms with Crippen LogP contribution >= 0.6 is 0 Å². The maximum Gasteiger partial charge on any atom is 0.213 e. The van der Waals surface area contributed by atoms with Gasteiger partial charge in [0.25, 0.3) is 0 Å². The molecule has 0 amide bonds. The Hall–Kier alpha value is -2.01. The Morgan fingerprint density at radius 1 is 1.32 bits per heavy atom. The maximum absolute atomic E-state index is 6.07. The molecule has 0 aromatic carbocycles. The predicted molar refractivity (Wildman–Crippen MR) is 71.7 cm³/mol. The minimum Gasteiger partial charge on any atom is -0.481 e. The van der Waals surface area contributed by atoms with E-state index in [9.17, 15) is 0 Å². The van der Waals surface area contributed by atoms with E-state index < -0.39 is 0 Å². The first-order valence-corrected chi connectivity index (χ1v) is 6.41. The van der Waals surface area contributed by atoms with Gasteiger partial charge in [0.1, 0.15) is 5.69 Å². The van der Waals surface area contributed by atoms with Crippen LogP contribution in [0.1, 0.15) is 30.1 Å². The molecule has 1 unspecified atom stereocenters. The number of aromatic nitrogens is 3. The summed E-state index contributed by atoms with van der Waals surface area (Å²) >= 11 is 0. The van der Waals surface area contributed by atoms with E-state index in [0.717, 1.165) is 36.2 Å². The molecular formula is C14H16N4O. The summed E-state index contributed by atoms with van der Waals surface area (Å²) in [5.41, 5.74) is 8.91. The molecule has 2 aromatic heterocycles. The second kappa shape index (κ2) is 4.93. The first kappa shape index (κ1) is 12.0. The molecule has 0 fully saturated rings. The van der Waals surface area contributed by atoms with Gasteiger partial charge in [-0.25, -0.2) is 15.0 Å². The van der Waals surface area contributed by atoms with E-state index >= 15 is 0 Å². The zero-order valence-corrected chi connectivity index (χ0v) is 10.8. The number of aryl methyl sites for hydroxylation is 1. The highest BCUT2D eigenvalue weighted by molar-refractivity contribution is 5.50. The number of hydrogen-bond acceptors (Lipinski definition) is 5. The standard InChI is InChI=1S/C14H16N4O/c1-19-13-7-3-6-12(17-13)14-16-8-9-10(15)4-2-5-11(9)18-14/h3,6-8,10H,2,4-5,15H2,1H3. The Morgan fingerprint density at radius 3 is 3.05 bits per heavy atom. The molecule has 0 aliphatic heterocycles. The minimum absolute atomic E-state index is 0.0658. The molecule has 2 aromatic rings. The Balaban J connectivity index is 2.01. The number of fused-ring (bicyclic) bond motifs is 1. The Morgan fingerprint density at radius 2 is 2.21 bits per heavy atom. The quantitative estimate of drug-likeness (QED) is 0.888. The average Bonchev–Trinajstić information content (AvgIpc) is 2.47. The van der Waals surface area contributed by atoms with Crippen molar-refractivity contribution < 1.29 is 4.74 Å². The predicted octanol–water partition coefficient (Wildman–Crippen LogP) is 1.88. The van der Waals surface area contributed by atoms with Crippen molar-refractivity contribution in [1.82, 2.24) is 15.0 Å². The lowest BCUT2D eigenvalue weighted by molar-refractivity contribution is 0.398. The molecule has 5 nitrogen and oxygen atoms in total. The highest BCUT2D eigenvalue weighted by Crippen LogP contribution is 2.27. The molecule has 1 aliphatic rings. The molecule has 0 saturated heterocycles. The van der Waals surface area contributed by atoms with Crippen molar-refractivity contribution in [3.8, 4) is 17.4 Å². The van der Waals surface area contributed by atoms with Crippen LogP contribution in [-0.4, -0.2) is 22.1 Å². The third-order valence-electron chi connectivity index (χ3n) is 3.39. The Bertz CT molecular complexity index is 600. The lowest BCUT2D eigenvalue weighted by Gasteiger charge is -2.20. The van der Waals surface area contributed by atoms with Gasteiger partial charge in [-0.3, -0.25) is 0 Å². The van der Waals surface area contributed by atoms with Crippen molar-refractivity contribution in [3.05, 3.63) is 35.7 Å². The van der Waals surface area contributed by atoms with Gasteiger partial charge in [0.2, 0.25) is 5.88 Å². The molecule has 19 heavy (non-hydrogen) atoms. The molecule has 0 spiro atoms. The lowest BCUT2D eigenvalue weighted by Crippen LogP contribution is -2.19. The molecule has 0 saturated carbocycles. The van der Waals surface area contributed by atoms with Crippen LogP contribution in [0.15, 0.2) is 24.4 Å². The van der Waals surface area contributed by atoms with Crippen molar-refractivity contribution in [2.45, 2.75) is 25.3 Å². The molecule has 2 heterocycles. The Labute approximate surface area is 111 Å². The monoisotopic (exact) mass is 256 g/mol. The van der Waals surface area contributed by atoms with Crippen LogP contribution in [0.2, 0.25) is 0 Å². The molecule has 2 N–H and O–H groups in total. The van der Waals surface area contributed by atoms with E-state index in [1.165, 1.54) is 0 Å². The van der Waals surface area contributed by atoms with Gasteiger partial charge in [0, 0.05) is 29.6 Å². The summed E-state index contributed by atoms with van der Waals surface area (Å²) in [4.78, 5) is 13.3. The highest BCUT2D eigenvalue weighted by atomic mass is 16.5. The SMILES string of the molecule is COc1cccc(-c2ncc3c(n2)CCCC3N)n1. The van der Waals surface area contributed by atoms with Crippen LogP contribution in [0.3, 0.4) is 0 Å². The van der Waals surface area contributed by atoms with Crippen molar-refractivity contribution in [2.24, 2.45) is 5.73 Å². The van der Waals surface area contributed by atoms with E-state index in [2.05, 4.69) is 15.0 Å². The normalized spacial score (nSPS) is 17.9. The highest BCUT2D eigenvalue weighted by Gasteiger charge is 2.19. The van der Waals surface area contributed by atoms with Gasteiger partial charge in [0.15, 0.2) is 5.82 Å². The zero-order valence-electron chi connectivity index (χ0n) is 10.8. The van der Waals surface area contributed by atoms with Crippen LogP contribution in [0.4, 0.5) is 0 Å². The van der Waals surface area contributed by atoms with Gasteiger partial charge >= 0.3 is 0 Å². The fourth-order valence-corrected chi connectivity index (χ4v) is 2.36. The third-order valence-corrected chi connectivity index (χ3v) is 3.39. The smallest absolute Gasteiger partial charge is 0.213 e. The molecule has 5 heteroatoms. The minimum atomic E-state index is 0.0658. The second-order valence-electron chi connectivity index (χ2n) is 4.66. The summed E-state index contributed by atoms with van der Waals surface area (Å²) in [6, 6.07) is 5.64. The van der Waals surface area contributed by atoms with Crippen molar-refractivity contribution in [2.75, 3.05) is 7.11 Å². The summed E-state index contributed by atoms with van der Waals surface area (Å²) in [5, 5.41) is 0. The maximum atomic E-state index is 6.07. The molecule has 98 valence electrons. The van der Waals surface area contributed by atoms with Gasteiger partial charge < -0.3 is 10.5 Å². The molecular weight excluding hydrogens is 240 g/mol. The molecule has 1 atom stereocenters. The fraction of sp³-hybridized carbons (Fsp3) is 0.357. The van der Waals surface area contributed by atoms with Crippen LogP contribution in [0, 0.1) is 0 Å². The van der Waals surface area contributed by atoms with E-state index in [4.69, 9.17) is 10.5 Å². The summed E-state index contributed by atoms with van der Waals surface area (Å²) in [6.07, 6.45) is 4.88. The number of nitrogens with zero attached hydrogens (tertiary/aromatic N) is 3. The first-order chi connectivity index (χ1) is 9.28. The summed E-state index contributed by atoms with van der Waals surface area (Å²) in [7, 11) is 1.60. The largest absolute Gasteiger partial charge is 0.481 e. The number of ether oxygens (including phenoxy) is 1. The summed E-state index contributed by atoms with van der Waals surface area (Å²) in [6.45, 7) is 0.